The van der Waals surface area contributed by atoms with Crippen LogP contribution in [0.1, 0.15) is 75.8 Å². The quantitative estimate of drug-likeness (QED) is 0.728. The summed E-state index contributed by atoms with van der Waals surface area (Å²) in [5, 5.41) is 2.93. The van der Waals surface area contributed by atoms with Crippen LogP contribution in [0.15, 0.2) is 5.38 Å². The summed E-state index contributed by atoms with van der Waals surface area (Å²) in [7, 11) is 0. The molecule has 3 heterocycles. The maximum atomic E-state index is 13.0. The molecule has 30 heavy (non-hydrogen) atoms. The lowest BCUT2D eigenvalue weighted by molar-refractivity contribution is -0.134. The first-order chi connectivity index (χ1) is 14.0. The molecule has 2 saturated heterocycles. The van der Waals surface area contributed by atoms with Crippen molar-refractivity contribution in [1.29, 1.82) is 0 Å². The van der Waals surface area contributed by atoms with Crippen molar-refractivity contribution in [3.63, 3.8) is 0 Å². The number of morpholine rings is 1. The number of piperidine rings is 1. The van der Waals surface area contributed by atoms with Crippen LogP contribution < -0.4 is 0 Å². The third-order valence-electron chi connectivity index (χ3n) is 7.87. The molecule has 0 N–H and O–H groups in total. The molecule has 0 spiro atoms. The van der Waals surface area contributed by atoms with Crippen LogP contribution in [0, 0.1) is 16.7 Å². The summed E-state index contributed by atoms with van der Waals surface area (Å²) >= 11 is 1.58. The Bertz CT molecular complexity index is 801. The van der Waals surface area contributed by atoms with E-state index in [1.165, 1.54) is 0 Å². The molecule has 2 atom stereocenters. The molecule has 1 aliphatic carbocycles. The number of carbonyl (C=O) groups is 2. The fourth-order valence-corrected chi connectivity index (χ4v) is 6.39. The van der Waals surface area contributed by atoms with Crippen molar-refractivity contribution < 1.29 is 14.3 Å². The molecule has 4 rings (SSSR count). The normalized spacial score (nSPS) is 29.1. The molecule has 1 aromatic heterocycles. The van der Waals surface area contributed by atoms with Crippen molar-refractivity contribution >= 4 is 23.2 Å². The maximum absolute atomic E-state index is 13.0. The van der Waals surface area contributed by atoms with Crippen LogP contribution in [0.3, 0.4) is 0 Å². The minimum Gasteiger partial charge on any atom is -0.372 e. The van der Waals surface area contributed by atoms with Gasteiger partial charge in [0.25, 0.3) is 5.91 Å². The molecule has 2 amide bonds. The minimum absolute atomic E-state index is 0.00492. The van der Waals surface area contributed by atoms with E-state index in [9.17, 15) is 9.59 Å². The van der Waals surface area contributed by atoms with Gasteiger partial charge in [-0.1, -0.05) is 27.7 Å². The first-order valence-electron chi connectivity index (χ1n) is 11.2. The van der Waals surface area contributed by atoms with Crippen LogP contribution >= 0.6 is 11.3 Å². The summed E-state index contributed by atoms with van der Waals surface area (Å²) in [6, 6.07) is 0. The second-order valence-electron chi connectivity index (χ2n) is 10.5. The topological polar surface area (TPSA) is 62.7 Å². The van der Waals surface area contributed by atoms with Gasteiger partial charge in [0, 0.05) is 43.4 Å². The molecular weight excluding hydrogens is 398 g/mol. The molecule has 166 valence electrons. The van der Waals surface area contributed by atoms with Gasteiger partial charge in [0.1, 0.15) is 5.69 Å². The molecule has 2 unspecified atom stereocenters. The third kappa shape index (κ3) is 3.68. The number of amides is 2. The van der Waals surface area contributed by atoms with Gasteiger partial charge in [0.15, 0.2) is 0 Å². The van der Waals surface area contributed by atoms with Crippen molar-refractivity contribution in [3.8, 4) is 0 Å². The second kappa shape index (κ2) is 7.59. The van der Waals surface area contributed by atoms with E-state index >= 15 is 0 Å². The summed E-state index contributed by atoms with van der Waals surface area (Å²) < 4.78 is 5.74. The molecular formula is C23H35N3O3S. The van der Waals surface area contributed by atoms with Crippen LogP contribution in [-0.4, -0.2) is 65.0 Å². The zero-order valence-electron chi connectivity index (χ0n) is 19.1. The summed E-state index contributed by atoms with van der Waals surface area (Å²) in [4.78, 5) is 34.5. The fraction of sp³-hybridized carbons (Fsp3) is 0.783. The van der Waals surface area contributed by atoms with E-state index in [2.05, 4.69) is 27.7 Å². The molecule has 0 radical (unpaired) electrons. The van der Waals surface area contributed by atoms with Crippen LogP contribution in [0.4, 0.5) is 0 Å². The van der Waals surface area contributed by atoms with E-state index in [0.29, 0.717) is 30.6 Å². The number of hydrogen-bond donors (Lipinski definition) is 0. The molecule has 0 bridgehead atoms. The Morgan fingerprint density at radius 3 is 2.13 bits per heavy atom. The lowest BCUT2D eigenvalue weighted by atomic mass is 9.96. The summed E-state index contributed by atoms with van der Waals surface area (Å²) in [6.07, 6.45) is 1.95. The van der Waals surface area contributed by atoms with E-state index in [1.807, 2.05) is 29.0 Å². The van der Waals surface area contributed by atoms with Crippen LogP contribution in [0.25, 0.3) is 0 Å². The molecule has 3 fully saturated rings. The molecule has 3 aliphatic rings. The Kier molecular flexibility index (Phi) is 5.50. The first-order valence-corrected chi connectivity index (χ1v) is 12.1. The molecule has 1 aromatic rings. The number of likely N-dealkylation sites (tertiary alicyclic amines) is 1. The predicted molar refractivity (Wildman–Crippen MR) is 118 cm³/mol. The van der Waals surface area contributed by atoms with Crippen molar-refractivity contribution in [1.82, 2.24) is 14.8 Å². The Morgan fingerprint density at radius 1 is 1.03 bits per heavy atom. The number of thiazole rings is 1. The molecule has 1 saturated carbocycles. The zero-order chi connectivity index (χ0) is 21.8. The predicted octanol–water partition coefficient (Wildman–Crippen LogP) is 3.78. The van der Waals surface area contributed by atoms with Crippen LogP contribution in [0.2, 0.25) is 0 Å². The highest BCUT2D eigenvalue weighted by molar-refractivity contribution is 7.09. The molecule has 0 aromatic carbocycles. The zero-order valence-corrected chi connectivity index (χ0v) is 19.9. The van der Waals surface area contributed by atoms with Gasteiger partial charge in [-0.15, -0.1) is 11.3 Å². The maximum Gasteiger partial charge on any atom is 0.273 e. The number of nitrogens with zero attached hydrogens (tertiary/aromatic N) is 3. The van der Waals surface area contributed by atoms with E-state index in [4.69, 9.17) is 9.72 Å². The standard InChI is InChI=1S/C23H35N3O3S/c1-14-11-26(12-15(2)29-14)20(27)17-13-30-19(24-17)16-7-9-25(10-8-16)21(28)18-22(3,4)23(18,5)6/h13-16,18H,7-12H2,1-6H3. The van der Waals surface area contributed by atoms with Gasteiger partial charge in [-0.25, -0.2) is 4.98 Å². The summed E-state index contributed by atoms with van der Waals surface area (Å²) in [5.74, 6) is 0.784. The van der Waals surface area contributed by atoms with E-state index in [0.717, 1.165) is 30.9 Å². The third-order valence-corrected chi connectivity index (χ3v) is 8.88. The van der Waals surface area contributed by atoms with Gasteiger partial charge < -0.3 is 14.5 Å². The highest BCUT2D eigenvalue weighted by Gasteiger charge is 2.68. The fourth-order valence-electron chi connectivity index (χ4n) is 5.42. The minimum atomic E-state index is 0.00492. The monoisotopic (exact) mass is 433 g/mol. The van der Waals surface area contributed by atoms with Gasteiger partial charge in [0.2, 0.25) is 5.91 Å². The number of aromatic nitrogens is 1. The van der Waals surface area contributed by atoms with Gasteiger partial charge in [-0.2, -0.15) is 0 Å². The SMILES string of the molecule is CC1CN(C(=O)c2csc(C3CCN(C(=O)C4C(C)(C)C4(C)C)CC3)n2)CC(C)O1. The van der Waals surface area contributed by atoms with Gasteiger partial charge in [0.05, 0.1) is 17.2 Å². The van der Waals surface area contributed by atoms with E-state index in [1.54, 1.807) is 11.3 Å². The lowest BCUT2D eigenvalue weighted by Crippen LogP contribution is -2.48. The Morgan fingerprint density at radius 2 is 1.60 bits per heavy atom. The highest BCUT2D eigenvalue weighted by Crippen LogP contribution is 2.68. The second-order valence-corrected chi connectivity index (χ2v) is 11.4. The average Bonchev–Trinajstić information content (AvgIpc) is 3.02. The molecule has 2 aliphatic heterocycles. The number of carbonyl (C=O) groups excluding carboxylic acids is 2. The summed E-state index contributed by atoms with van der Waals surface area (Å²) in [5.41, 5.74) is 0.719. The van der Waals surface area contributed by atoms with E-state index < -0.39 is 0 Å². The summed E-state index contributed by atoms with van der Waals surface area (Å²) in [6.45, 7) is 15.6. The van der Waals surface area contributed by atoms with Gasteiger partial charge in [-0.05, 0) is 37.5 Å². The number of ether oxygens (including phenoxy) is 1. The average molecular weight is 434 g/mol. The van der Waals surface area contributed by atoms with Crippen molar-refractivity contribution in [2.75, 3.05) is 26.2 Å². The van der Waals surface area contributed by atoms with Crippen LogP contribution in [-0.2, 0) is 9.53 Å². The molecule has 7 heteroatoms. The van der Waals surface area contributed by atoms with Crippen molar-refractivity contribution in [2.24, 2.45) is 16.7 Å². The van der Waals surface area contributed by atoms with Gasteiger partial charge in [-0.3, -0.25) is 9.59 Å². The number of hydrogen-bond acceptors (Lipinski definition) is 5. The van der Waals surface area contributed by atoms with E-state index in [-0.39, 0.29) is 34.9 Å². The Balaban J connectivity index is 1.34. The van der Waals surface area contributed by atoms with Crippen molar-refractivity contribution in [2.45, 2.75) is 72.5 Å². The van der Waals surface area contributed by atoms with Crippen LogP contribution in [0.5, 0.6) is 0 Å². The number of rotatable bonds is 3. The largest absolute Gasteiger partial charge is 0.372 e. The smallest absolute Gasteiger partial charge is 0.273 e. The van der Waals surface area contributed by atoms with Crippen molar-refractivity contribution in [3.05, 3.63) is 16.1 Å². The highest BCUT2D eigenvalue weighted by atomic mass is 32.1. The lowest BCUT2D eigenvalue weighted by Gasteiger charge is -2.35. The van der Waals surface area contributed by atoms with Gasteiger partial charge >= 0.3 is 0 Å². The molecule has 6 nitrogen and oxygen atoms in total. The Labute approximate surface area is 184 Å². The Hall–Kier alpha value is -1.47. The first kappa shape index (κ1) is 21.8.